The Morgan fingerprint density at radius 1 is 0.963 bits per heavy atom. The van der Waals surface area contributed by atoms with E-state index < -0.39 is 0 Å². The van der Waals surface area contributed by atoms with Gasteiger partial charge in [0.25, 0.3) is 0 Å². The van der Waals surface area contributed by atoms with Crippen molar-refractivity contribution in [2.45, 2.75) is 91.3 Å². The van der Waals surface area contributed by atoms with Crippen LogP contribution >= 0.6 is 0 Å². The molecule has 0 unspecified atom stereocenters. The van der Waals surface area contributed by atoms with Crippen LogP contribution in [0.25, 0.3) is 0 Å². The quantitative estimate of drug-likeness (QED) is 0.514. The number of carbonyl (C=O) groups is 2. The third kappa shape index (κ3) is 3.03. The smallest absolute Gasteiger partial charge is 0.302 e. The van der Waals surface area contributed by atoms with Crippen molar-refractivity contribution in [2.75, 3.05) is 0 Å². The van der Waals surface area contributed by atoms with Gasteiger partial charge in [0.2, 0.25) is 0 Å². The van der Waals surface area contributed by atoms with Crippen LogP contribution < -0.4 is 0 Å². The lowest BCUT2D eigenvalue weighted by Crippen LogP contribution is -2.51. The van der Waals surface area contributed by atoms with Crippen molar-refractivity contribution >= 4 is 11.9 Å². The average Bonchev–Trinajstić information content (AvgIpc) is 2.91. The molecule has 0 heterocycles. The molecule has 0 saturated heterocycles. The van der Waals surface area contributed by atoms with E-state index in [1.54, 1.807) is 6.92 Å². The molecule has 0 aliphatic heterocycles. The predicted molar refractivity (Wildman–Crippen MR) is 103 cm³/mol. The van der Waals surface area contributed by atoms with Crippen molar-refractivity contribution in [3.63, 3.8) is 0 Å². The molecule has 0 spiro atoms. The number of ether oxygens (including phenoxy) is 2. The number of esters is 2. The van der Waals surface area contributed by atoms with Crippen LogP contribution in [0.1, 0.15) is 79.1 Å². The highest BCUT2D eigenvalue weighted by atomic mass is 16.5. The summed E-state index contributed by atoms with van der Waals surface area (Å²) in [4.78, 5) is 22.9. The summed E-state index contributed by atoms with van der Waals surface area (Å²) >= 11 is 0. The highest BCUT2D eigenvalue weighted by Crippen LogP contribution is 2.65. The summed E-state index contributed by atoms with van der Waals surface area (Å²) in [6.45, 7) is 7.88. The molecule has 4 aliphatic carbocycles. The highest BCUT2D eigenvalue weighted by Gasteiger charge is 2.59. The SMILES string of the molecule is CC(=O)O[C@@H]1CC[C@@]2(C)C(=CC[C@H]3[C@@H]4CC[C@H](OC(C)=O)[C@@]4(C)CC[C@@H]32)C1. The van der Waals surface area contributed by atoms with Gasteiger partial charge in [-0.3, -0.25) is 9.59 Å². The van der Waals surface area contributed by atoms with Gasteiger partial charge in [0.15, 0.2) is 0 Å². The summed E-state index contributed by atoms with van der Waals surface area (Å²) in [7, 11) is 0. The van der Waals surface area contributed by atoms with E-state index >= 15 is 0 Å². The number of hydrogen-bond acceptors (Lipinski definition) is 4. The van der Waals surface area contributed by atoms with E-state index in [2.05, 4.69) is 19.9 Å². The topological polar surface area (TPSA) is 52.6 Å². The maximum Gasteiger partial charge on any atom is 0.302 e. The van der Waals surface area contributed by atoms with Gasteiger partial charge in [-0.1, -0.05) is 25.5 Å². The molecule has 0 amide bonds. The molecule has 27 heavy (non-hydrogen) atoms. The molecule has 0 N–H and O–H groups in total. The van der Waals surface area contributed by atoms with Crippen LogP contribution in [0.2, 0.25) is 0 Å². The summed E-state index contributed by atoms with van der Waals surface area (Å²) in [5.41, 5.74) is 1.92. The number of fused-ring (bicyclic) bond motifs is 5. The molecular weight excluding hydrogens is 340 g/mol. The van der Waals surface area contributed by atoms with Crippen LogP contribution in [0.4, 0.5) is 0 Å². The van der Waals surface area contributed by atoms with Crippen LogP contribution in [0, 0.1) is 28.6 Å². The second kappa shape index (κ2) is 6.63. The van der Waals surface area contributed by atoms with Gasteiger partial charge < -0.3 is 9.47 Å². The molecule has 0 aromatic heterocycles. The first-order valence-corrected chi connectivity index (χ1v) is 10.8. The average molecular weight is 375 g/mol. The van der Waals surface area contributed by atoms with Gasteiger partial charge in [-0.05, 0) is 68.1 Å². The Kier molecular flexibility index (Phi) is 4.67. The molecule has 4 nitrogen and oxygen atoms in total. The molecule has 0 aromatic carbocycles. The second-order valence-electron chi connectivity index (χ2n) is 9.95. The number of rotatable bonds is 2. The maximum absolute atomic E-state index is 11.6. The van der Waals surface area contributed by atoms with E-state index in [9.17, 15) is 9.59 Å². The van der Waals surface area contributed by atoms with Crippen molar-refractivity contribution in [1.29, 1.82) is 0 Å². The van der Waals surface area contributed by atoms with Crippen molar-refractivity contribution < 1.29 is 19.1 Å². The Morgan fingerprint density at radius 2 is 1.70 bits per heavy atom. The molecular formula is C23H34O4. The minimum Gasteiger partial charge on any atom is -0.462 e. The molecule has 4 rings (SSSR count). The molecule has 3 saturated carbocycles. The van der Waals surface area contributed by atoms with E-state index in [1.807, 2.05) is 0 Å². The van der Waals surface area contributed by atoms with Gasteiger partial charge in [0, 0.05) is 25.7 Å². The van der Waals surface area contributed by atoms with Crippen LogP contribution in [0.15, 0.2) is 11.6 Å². The third-order valence-electron chi connectivity index (χ3n) is 8.61. The summed E-state index contributed by atoms with van der Waals surface area (Å²) in [6, 6.07) is 0. The first-order valence-electron chi connectivity index (χ1n) is 10.8. The Labute approximate surface area is 163 Å². The van der Waals surface area contributed by atoms with Crippen molar-refractivity contribution in [2.24, 2.45) is 28.6 Å². The van der Waals surface area contributed by atoms with Crippen molar-refractivity contribution in [1.82, 2.24) is 0 Å². The predicted octanol–water partition coefficient (Wildman–Crippen LogP) is 4.81. The third-order valence-corrected chi connectivity index (χ3v) is 8.61. The van der Waals surface area contributed by atoms with Crippen molar-refractivity contribution in [3.05, 3.63) is 11.6 Å². The summed E-state index contributed by atoms with van der Waals surface area (Å²) in [5.74, 6) is 1.77. The lowest BCUT2D eigenvalue weighted by Gasteiger charge is -2.57. The lowest BCUT2D eigenvalue weighted by molar-refractivity contribution is -0.157. The fourth-order valence-electron chi connectivity index (χ4n) is 7.31. The van der Waals surface area contributed by atoms with E-state index in [0.717, 1.165) is 38.5 Å². The number of allylic oxidation sites excluding steroid dienone is 1. The molecule has 7 atom stereocenters. The van der Waals surface area contributed by atoms with Crippen molar-refractivity contribution in [3.8, 4) is 0 Å². The van der Waals surface area contributed by atoms with Gasteiger partial charge in [-0.2, -0.15) is 0 Å². The molecule has 0 bridgehead atoms. The zero-order valence-electron chi connectivity index (χ0n) is 17.3. The Balaban J connectivity index is 1.55. The minimum absolute atomic E-state index is 0.0621. The standard InChI is InChI=1S/C23H34O4/c1-14(24)26-17-9-11-22(3)16(13-17)5-6-18-19-7-8-21(27-15(2)25)23(19,4)12-10-20(18)22/h5,17-21H,6-13H2,1-4H3/t17-,18+,19+,20+,21+,22+,23+/m1/s1. The van der Waals surface area contributed by atoms with Gasteiger partial charge >= 0.3 is 11.9 Å². The Bertz CT molecular complexity index is 667. The monoisotopic (exact) mass is 374 g/mol. The fraction of sp³-hybridized carbons (Fsp3) is 0.826. The summed E-state index contributed by atoms with van der Waals surface area (Å²) in [5, 5.41) is 0. The molecule has 150 valence electrons. The number of hydrogen-bond donors (Lipinski definition) is 0. The Hall–Kier alpha value is -1.32. The molecule has 3 fully saturated rings. The fourth-order valence-corrected chi connectivity index (χ4v) is 7.31. The minimum atomic E-state index is -0.159. The van der Waals surface area contributed by atoms with E-state index in [-0.39, 0.29) is 35.0 Å². The zero-order valence-corrected chi connectivity index (χ0v) is 17.3. The molecule has 0 radical (unpaired) electrons. The van der Waals surface area contributed by atoms with Crippen LogP contribution in [0.5, 0.6) is 0 Å². The molecule has 4 aliphatic rings. The van der Waals surface area contributed by atoms with Gasteiger partial charge in [-0.25, -0.2) is 0 Å². The second-order valence-corrected chi connectivity index (χ2v) is 9.95. The first kappa shape index (κ1) is 19.0. The van der Waals surface area contributed by atoms with Crippen LogP contribution in [0.3, 0.4) is 0 Å². The van der Waals surface area contributed by atoms with Gasteiger partial charge in [-0.15, -0.1) is 0 Å². The summed E-state index contributed by atoms with van der Waals surface area (Å²) < 4.78 is 11.3. The van der Waals surface area contributed by atoms with Gasteiger partial charge in [0.1, 0.15) is 12.2 Å². The largest absolute Gasteiger partial charge is 0.462 e. The van der Waals surface area contributed by atoms with E-state index in [1.165, 1.54) is 25.3 Å². The molecule has 0 aromatic rings. The van der Waals surface area contributed by atoms with Crippen LogP contribution in [-0.2, 0) is 19.1 Å². The highest BCUT2D eigenvalue weighted by molar-refractivity contribution is 5.66. The van der Waals surface area contributed by atoms with E-state index in [0.29, 0.717) is 17.8 Å². The maximum atomic E-state index is 11.6. The summed E-state index contributed by atoms with van der Waals surface area (Å²) in [6.07, 6.45) is 11.4. The van der Waals surface area contributed by atoms with Gasteiger partial charge in [0.05, 0.1) is 0 Å². The van der Waals surface area contributed by atoms with Crippen LogP contribution in [-0.4, -0.2) is 24.1 Å². The molecule has 4 heteroatoms. The lowest BCUT2D eigenvalue weighted by atomic mass is 9.48. The first-order chi connectivity index (χ1) is 12.7. The number of carbonyl (C=O) groups excluding carboxylic acids is 2. The van der Waals surface area contributed by atoms with E-state index in [4.69, 9.17) is 9.47 Å². The zero-order chi connectivity index (χ0) is 19.4. The normalized spacial score (nSPS) is 45.8. The Morgan fingerprint density at radius 3 is 2.41 bits per heavy atom.